The summed E-state index contributed by atoms with van der Waals surface area (Å²) < 4.78 is 35.4. The number of benzene rings is 3. The zero-order valence-electron chi connectivity index (χ0n) is 32.4. The van der Waals surface area contributed by atoms with E-state index in [1.54, 1.807) is 44.7 Å². The first-order valence-electron chi connectivity index (χ1n) is 19.2. The van der Waals surface area contributed by atoms with Crippen LogP contribution in [-0.2, 0) is 38.0 Å². The zero-order chi connectivity index (χ0) is 40.6. The van der Waals surface area contributed by atoms with Crippen molar-refractivity contribution in [1.29, 1.82) is 0 Å². The van der Waals surface area contributed by atoms with Crippen LogP contribution >= 0.6 is 23.2 Å². The monoisotopic (exact) mass is 837 g/mol. The summed E-state index contributed by atoms with van der Waals surface area (Å²) >= 11 is 12.9. The molecule has 16 nitrogen and oxygen atoms in total. The summed E-state index contributed by atoms with van der Waals surface area (Å²) in [5.41, 5.74) is 3.47. The van der Waals surface area contributed by atoms with E-state index in [0.717, 1.165) is 49.7 Å². The highest BCUT2D eigenvalue weighted by Crippen LogP contribution is 2.40. The van der Waals surface area contributed by atoms with Crippen LogP contribution in [0.5, 0.6) is 5.75 Å². The summed E-state index contributed by atoms with van der Waals surface area (Å²) in [5.74, 6) is -0.612. The Morgan fingerprint density at radius 2 is 1.67 bits per heavy atom. The van der Waals surface area contributed by atoms with Gasteiger partial charge in [0, 0.05) is 66.3 Å². The molecule has 58 heavy (non-hydrogen) atoms. The summed E-state index contributed by atoms with van der Waals surface area (Å²) in [4.78, 5) is 29.4. The number of carbonyl (C=O) groups is 1. The number of rotatable bonds is 16. The molecule has 3 atom stereocenters. The Bertz CT molecular complexity index is 2190. The summed E-state index contributed by atoms with van der Waals surface area (Å²) in [7, 11) is 0. The number of ether oxygens (including phenoxy) is 5. The van der Waals surface area contributed by atoms with Gasteiger partial charge in [0.05, 0.1) is 30.0 Å². The number of aliphatic hydroxyl groups excluding tert-OH is 1. The van der Waals surface area contributed by atoms with E-state index < -0.39 is 18.0 Å². The second-order valence-electron chi connectivity index (χ2n) is 14.1. The molecule has 1 N–H and O–H groups in total. The molecule has 0 bridgehead atoms. The fourth-order valence-electron chi connectivity index (χ4n) is 6.83. The number of halogens is 2. The van der Waals surface area contributed by atoms with Crippen molar-refractivity contribution in [3.63, 3.8) is 0 Å². The Morgan fingerprint density at radius 1 is 0.983 bits per heavy atom. The fraction of sp³-hybridized carbons (Fsp3) is 0.425. The number of aromatic nitrogens is 6. The highest BCUT2D eigenvalue weighted by Gasteiger charge is 2.47. The fourth-order valence-corrected chi connectivity index (χ4v) is 7.38. The van der Waals surface area contributed by atoms with E-state index in [1.807, 2.05) is 38.1 Å². The largest absolute Gasteiger partial charge is 0.511 e. The van der Waals surface area contributed by atoms with E-state index in [-0.39, 0.29) is 51.4 Å². The second kappa shape index (κ2) is 18.6. The van der Waals surface area contributed by atoms with Gasteiger partial charge in [0.25, 0.3) is 6.33 Å². The van der Waals surface area contributed by atoms with Gasteiger partial charge in [-0.05, 0) is 74.0 Å². The first-order valence-corrected chi connectivity index (χ1v) is 20.0. The molecule has 2 aromatic heterocycles. The van der Waals surface area contributed by atoms with Crippen molar-refractivity contribution in [2.24, 2.45) is 0 Å². The molecule has 0 radical (unpaired) electrons. The van der Waals surface area contributed by atoms with Crippen LogP contribution in [0.1, 0.15) is 38.3 Å². The summed E-state index contributed by atoms with van der Waals surface area (Å²) in [6, 6.07) is 21.3. The maximum absolute atomic E-state index is 12.8. The number of aliphatic hydroxyl groups is 1. The van der Waals surface area contributed by atoms with Crippen LogP contribution in [0.3, 0.4) is 0 Å². The summed E-state index contributed by atoms with van der Waals surface area (Å²) in [6.07, 6.45) is 4.60. The van der Waals surface area contributed by atoms with Crippen LogP contribution in [0.25, 0.3) is 5.69 Å². The molecular weight excluding hydrogens is 791 g/mol. The van der Waals surface area contributed by atoms with Gasteiger partial charge in [-0.3, -0.25) is 0 Å². The van der Waals surface area contributed by atoms with Crippen molar-refractivity contribution in [3.8, 4) is 11.4 Å². The first kappa shape index (κ1) is 41.0. The molecule has 3 unspecified atom stereocenters. The Morgan fingerprint density at radius 3 is 2.34 bits per heavy atom. The lowest BCUT2D eigenvalue weighted by Crippen LogP contribution is -2.46. The molecule has 0 amide bonds. The molecule has 2 saturated heterocycles. The van der Waals surface area contributed by atoms with Gasteiger partial charge in [0.15, 0.2) is 6.54 Å². The Labute approximate surface area is 345 Å². The molecule has 308 valence electrons. The lowest BCUT2D eigenvalue weighted by Gasteiger charge is -2.37. The van der Waals surface area contributed by atoms with Crippen LogP contribution in [-0.4, -0.2) is 94.1 Å². The zero-order valence-corrected chi connectivity index (χ0v) is 33.9. The van der Waals surface area contributed by atoms with Gasteiger partial charge in [-0.25, -0.2) is 23.4 Å². The van der Waals surface area contributed by atoms with Crippen LogP contribution < -0.4 is 24.8 Å². The lowest BCUT2D eigenvalue weighted by atomic mass is 10.1. The maximum atomic E-state index is 12.8. The second-order valence-corrected chi connectivity index (χ2v) is 15.0. The molecule has 5 aromatic rings. The third kappa shape index (κ3) is 9.59. The van der Waals surface area contributed by atoms with Gasteiger partial charge in [-0.2, -0.15) is 5.10 Å². The van der Waals surface area contributed by atoms with Crippen LogP contribution in [0.15, 0.2) is 90.5 Å². The van der Waals surface area contributed by atoms with Crippen LogP contribution in [0.4, 0.5) is 16.2 Å². The normalized spacial score (nSPS) is 18.7. The van der Waals surface area contributed by atoms with Crippen molar-refractivity contribution >= 4 is 40.7 Å². The molecule has 7 rings (SSSR count). The molecule has 0 saturated carbocycles. The van der Waals surface area contributed by atoms with Crippen molar-refractivity contribution in [2.75, 3.05) is 62.4 Å². The van der Waals surface area contributed by atoms with Gasteiger partial charge in [0.1, 0.15) is 24.8 Å². The van der Waals surface area contributed by atoms with E-state index in [9.17, 15) is 9.59 Å². The minimum absolute atomic E-state index is 0.0483. The number of hydrogen-bond acceptors (Lipinski definition) is 12. The number of nitrogens with zero attached hydrogens (tertiary/aromatic N) is 8. The third-order valence-corrected chi connectivity index (χ3v) is 10.7. The minimum Gasteiger partial charge on any atom is -0.491 e. The average molecular weight is 839 g/mol. The number of hydrogen-bond donors (Lipinski definition) is 1. The Balaban J connectivity index is 0.918. The van der Waals surface area contributed by atoms with Crippen LogP contribution in [0, 0.1) is 0 Å². The Kier molecular flexibility index (Phi) is 13.2. The molecule has 2 aliphatic heterocycles. The van der Waals surface area contributed by atoms with E-state index in [2.05, 4.69) is 44.3 Å². The highest BCUT2D eigenvalue weighted by molar-refractivity contribution is 6.35. The number of carbonyl (C=O) groups excluding carboxylic acids is 1. The lowest BCUT2D eigenvalue weighted by molar-refractivity contribution is -0.728. The average Bonchev–Trinajstić information content (AvgIpc) is 3.98. The molecule has 4 heterocycles. The predicted octanol–water partition coefficient (Wildman–Crippen LogP) is 4.96. The summed E-state index contributed by atoms with van der Waals surface area (Å²) in [5, 5.41) is 18.4. The molecule has 2 fully saturated rings. The van der Waals surface area contributed by atoms with Crippen molar-refractivity contribution in [2.45, 2.75) is 57.9 Å². The smallest absolute Gasteiger partial charge is 0.491 e. The van der Waals surface area contributed by atoms with Gasteiger partial charge >= 0.3 is 11.8 Å². The third-order valence-electron chi connectivity index (χ3n) is 10.2. The first-order chi connectivity index (χ1) is 28.1. The molecular formula is C40H47Cl2N8O8+. The van der Waals surface area contributed by atoms with Crippen molar-refractivity contribution in [3.05, 3.63) is 112 Å². The predicted molar refractivity (Wildman–Crippen MR) is 215 cm³/mol. The van der Waals surface area contributed by atoms with Gasteiger partial charge in [-0.15, -0.1) is 4.68 Å². The molecule has 0 aliphatic carbocycles. The minimum atomic E-state index is -1.31. The summed E-state index contributed by atoms with van der Waals surface area (Å²) in [6.45, 7) is 7.87. The molecule has 18 heteroatoms. The topological polar surface area (TPSA) is 151 Å². The van der Waals surface area contributed by atoms with Crippen molar-refractivity contribution < 1.29 is 38.2 Å². The van der Waals surface area contributed by atoms with Gasteiger partial charge < -0.3 is 38.6 Å². The van der Waals surface area contributed by atoms with Crippen LogP contribution in [0.2, 0.25) is 10.0 Å². The van der Waals surface area contributed by atoms with Crippen molar-refractivity contribution in [1.82, 2.24) is 24.1 Å². The number of piperazine rings is 1. The number of anilines is 2. The molecule has 3 aromatic carbocycles. The SMILES string of the molecule is CCC(C)n1ncn(-c2ccc(N3CCN(c4ccc(OCC5COC(Cn6c[n+](COC(=O)OCCCO)cn6)(c6ccc(Cl)cc6Cl)O5)cc4)CC3)cc2)c1=O. The Hall–Kier alpha value is -5.13. The maximum Gasteiger partial charge on any atom is 0.511 e. The molecule has 0 spiro atoms. The van der Waals surface area contributed by atoms with E-state index >= 15 is 0 Å². The molecule has 2 aliphatic rings. The van der Waals surface area contributed by atoms with E-state index in [0.29, 0.717) is 27.8 Å². The standard InChI is InChI=1S/C40H47Cl2N8O8/c1-3-29(2)50-38(52)49(26-44-50)33-8-6-31(7-9-33)46-15-17-47(18-16-46)32-10-12-34(13-11-32)55-22-35-23-57-40(58-35,36-14-5-30(41)21-37(36)42)24-48-27-45(25-43-48)28-56-39(53)54-20-4-19-51/h5-14,21,25-27,29,35,51H,3-4,15-20,22-24,28H2,1-2H3/q+1. The quantitative estimate of drug-likeness (QED) is 0.0813. The van der Waals surface area contributed by atoms with E-state index in [4.69, 9.17) is 52.0 Å². The van der Waals surface area contributed by atoms with Gasteiger partial charge in [0.2, 0.25) is 18.8 Å². The highest BCUT2D eigenvalue weighted by atomic mass is 35.5. The van der Waals surface area contributed by atoms with Gasteiger partial charge in [-0.1, -0.05) is 36.2 Å². The van der Waals surface area contributed by atoms with E-state index in [1.165, 1.54) is 11.0 Å².